The Morgan fingerprint density at radius 3 is 2.86 bits per heavy atom. The van der Waals surface area contributed by atoms with E-state index in [4.69, 9.17) is 0 Å². The number of imidazole rings is 1. The van der Waals surface area contributed by atoms with Gasteiger partial charge < -0.3 is 4.57 Å². The number of hydrogen-bond acceptors (Lipinski definition) is 4. The molecule has 0 fully saturated rings. The molecular weight excluding hydrogens is 296 g/mol. The van der Waals surface area contributed by atoms with Gasteiger partial charge in [0.1, 0.15) is 0 Å². The van der Waals surface area contributed by atoms with E-state index in [1.54, 1.807) is 11.3 Å². The minimum atomic E-state index is -0.0852. The molecule has 114 valence electrons. The van der Waals surface area contributed by atoms with Crippen LogP contribution in [-0.4, -0.2) is 20.4 Å². The van der Waals surface area contributed by atoms with Crippen LogP contribution in [0.5, 0.6) is 0 Å². The van der Waals surface area contributed by atoms with Gasteiger partial charge in [0.05, 0.1) is 28.2 Å². The van der Waals surface area contributed by atoms with Gasteiger partial charge in [0.15, 0.2) is 0 Å². The van der Waals surface area contributed by atoms with Crippen LogP contribution in [0.15, 0.2) is 29.6 Å². The summed E-state index contributed by atoms with van der Waals surface area (Å²) < 4.78 is 2.06. The number of nitrogens with one attached hydrogen (secondary N) is 1. The molecule has 0 saturated carbocycles. The molecule has 2 aromatic heterocycles. The van der Waals surface area contributed by atoms with Crippen molar-refractivity contribution >= 4 is 34.2 Å². The maximum Gasteiger partial charge on any atom is 0.232 e. The molecule has 22 heavy (non-hydrogen) atoms. The number of aromatic nitrogens is 3. The number of benzene rings is 1. The van der Waals surface area contributed by atoms with Crippen molar-refractivity contribution in [1.29, 1.82) is 0 Å². The molecule has 0 aliphatic heterocycles. The lowest BCUT2D eigenvalue weighted by atomic mass is 10.3. The van der Waals surface area contributed by atoms with Crippen molar-refractivity contribution in [3.05, 3.63) is 40.3 Å². The Morgan fingerprint density at radius 2 is 2.14 bits per heavy atom. The largest absolute Gasteiger partial charge is 0.310 e. The van der Waals surface area contributed by atoms with E-state index in [-0.39, 0.29) is 12.3 Å². The number of para-hydroxylation sites is 2. The Morgan fingerprint density at radius 1 is 1.32 bits per heavy atom. The molecule has 0 aliphatic rings. The highest BCUT2D eigenvalue weighted by Gasteiger charge is 2.13. The summed E-state index contributed by atoms with van der Waals surface area (Å²) in [5, 5.41) is 5.81. The van der Waals surface area contributed by atoms with Crippen molar-refractivity contribution in [2.75, 3.05) is 5.32 Å². The van der Waals surface area contributed by atoms with E-state index in [0.29, 0.717) is 5.95 Å². The lowest BCUT2D eigenvalue weighted by Crippen LogP contribution is -2.18. The zero-order chi connectivity index (χ0) is 15.5. The van der Waals surface area contributed by atoms with E-state index in [1.165, 1.54) is 0 Å². The second-order valence-corrected chi connectivity index (χ2v) is 6.22. The van der Waals surface area contributed by atoms with Gasteiger partial charge in [0.2, 0.25) is 11.9 Å². The van der Waals surface area contributed by atoms with E-state index < -0.39 is 0 Å². The molecule has 0 spiro atoms. The Kier molecular flexibility index (Phi) is 4.20. The smallest absolute Gasteiger partial charge is 0.232 e. The van der Waals surface area contributed by atoms with Crippen molar-refractivity contribution in [2.24, 2.45) is 0 Å². The summed E-state index contributed by atoms with van der Waals surface area (Å²) in [5.41, 5.74) is 2.75. The Labute approximate surface area is 133 Å². The Bertz CT molecular complexity index is 805. The van der Waals surface area contributed by atoms with Crippen LogP contribution in [0.3, 0.4) is 0 Å². The van der Waals surface area contributed by atoms with Gasteiger partial charge in [0, 0.05) is 11.9 Å². The summed E-state index contributed by atoms with van der Waals surface area (Å²) in [4.78, 5) is 21.1. The van der Waals surface area contributed by atoms with Gasteiger partial charge in [-0.05, 0) is 25.5 Å². The molecule has 3 aromatic rings. The second kappa shape index (κ2) is 6.27. The highest BCUT2D eigenvalue weighted by atomic mass is 32.1. The van der Waals surface area contributed by atoms with E-state index >= 15 is 0 Å². The third-order valence-electron chi connectivity index (χ3n) is 3.36. The zero-order valence-corrected chi connectivity index (χ0v) is 13.5. The average molecular weight is 314 g/mol. The molecule has 6 heteroatoms. The number of aryl methyl sites for hydroxylation is 2. The molecule has 2 heterocycles. The molecule has 0 aliphatic carbocycles. The summed E-state index contributed by atoms with van der Waals surface area (Å²) in [7, 11) is 0. The summed E-state index contributed by atoms with van der Waals surface area (Å²) in [6.45, 7) is 4.87. The van der Waals surface area contributed by atoms with E-state index in [1.807, 2.05) is 36.6 Å². The zero-order valence-electron chi connectivity index (χ0n) is 12.7. The number of rotatable bonds is 5. The van der Waals surface area contributed by atoms with Gasteiger partial charge in [-0.1, -0.05) is 19.1 Å². The predicted molar refractivity (Wildman–Crippen MR) is 89.2 cm³/mol. The molecule has 1 N–H and O–H groups in total. The minimum absolute atomic E-state index is 0.0852. The number of carbonyl (C=O) groups is 1. The van der Waals surface area contributed by atoms with Crippen LogP contribution in [-0.2, 0) is 17.8 Å². The minimum Gasteiger partial charge on any atom is -0.310 e. The van der Waals surface area contributed by atoms with Crippen LogP contribution in [0, 0.1) is 6.92 Å². The summed E-state index contributed by atoms with van der Waals surface area (Å²) in [6.07, 6.45) is 1.26. The molecular formula is C16H18N4OS. The van der Waals surface area contributed by atoms with E-state index in [9.17, 15) is 4.79 Å². The number of nitrogens with zero attached hydrogens (tertiary/aromatic N) is 3. The normalized spacial score (nSPS) is 11.0. The number of anilines is 1. The molecule has 0 radical (unpaired) electrons. The van der Waals surface area contributed by atoms with Gasteiger partial charge in [-0.2, -0.15) is 0 Å². The lowest BCUT2D eigenvalue weighted by Gasteiger charge is -2.08. The third kappa shape index (κ3) is 3.01. The molecule has 0 saturated heterocycles. The molecule has 3 rings (SSSR count). The van der Waals surface area contributed by atoms with Crippen molar-refractivity contribution in [2.45, 2.75) is 33.2 Å². The summed E-state index contributed by atoms with van der Waals surface area (Å²) in [6, 6.07) is 7.92. The maximum absolute atomic E-state index is 12.2. The van der Waals surface area contributed by atoms with Crippen LogP contribution < -0.4 is 5.32 Å². The third-order valence-corrected chi connectivity index (χ3v) is 4.18. The van der Waals surface area contributed by atoms with Gasteiger partial charge in [-0.3, -0.25) is 10.1 Å². The number of hydrogen-bond donors (Lipinski definition) is 1. The standard InChI is InChI=1S/C16H18N4OS/c1-3-8-20-14-7-5-4-6-13(14)18-16(20)19-15(21)9-12-10-22-11(2)17-12/h4-7,10H,3,8-9H2,1-2H3,(H,18,19,21). The first-order valence-electron chi connectivity index (χ1n) is 7.33. The summed E-state index contributed by atoms with van der Waals surface area (Å²) in [5.74, 6) is 0.526. The lowest BCUT2D eigenvalue weighted by molar-refractivity contribution is -0.115. The number of amides is 1. The molecule has 1 amide bonds. The number of fused-ring (bicyclic) bond motifs is 1. The molecule has 1 aromatic carbocycles. The van der Waals surface area contributed by atoms with Gasteiger partial charge in [-0.15, -0.1) is 11.3 Å². The summed E-state index contributed by atoms with van der Waals surface area (Å²) >= 11 is 1.56. The van der Waals surface area contributed by atoms with Gasteiger partial charge in [-0.25, -0.2) is 9.97 Å². The predicted octanol–water partition coefficient (Wildman–Crippen LogP) is 3.39. The second-order valence-electron chi connectivity index (χ2n) is 5.16. The fourth-order valence-corrected chi connectivity index (χ4v) is 3.06. The van der Waals surface area contributed by atoms with Crippen LogP contribution in [0.25, 0.3) is 11.0 Å². The SMILES string of the molecule is CCCn1c(NC(=O)Cc2csc(C)n2)nc2ccccc21. The number of carbonyl (C=O) groups excluding carboxylic acids is 1. The molecule has 5 nitrogen and oxygen atoms in total. The topological polar surface area (TPSA) is 59.8 Å². The maximum atomic E-state index is 12.2. The van der Waals surface area contributed by atoms with Crippen LogP contribution in [0.2, 0.25) is 0 Å². The Balaban J connectivity index is 1.83. The van der Waals surface area contributed by atoms with Gasteiger partial charge >= 0.3 is 0 Å². The average Bonchev–Trinajstić information content (AvgIpc) is 3.04. The monoisotopic (exact) mass is 314 g/mol. The first-order valence-corrected chi connectivity index (χ1v) is 8.21. The van der Waals surface area contributed by atoms with Crippen molar-refractivity contribution in [3.8, 4) is 0 Å². The quantitative estimate of drug-likeness (QED) is 0.785. The molecule has 0 atom stereocenters. The van der Waals surface area contributed by atoms with Crippen molar-refractivity contribution in [1.82, 2.24) is 14.5 Å². The molecule has 0 unspecified atom stereocenters. The van der Waals surface area contributed by atoms with Crippen LogP contribution in [0.4, 0.5) is 5.95 Å². The van der Waals surface area contributed by atoms with Crippen LogP contribution in [0.1, 0.15) is 24.0 Å². The van der Waals surface area contributed by atoms with E-state index in [2.05, 4.69) is 26.8 Å². The van der Waals surface area contributed by atoms with Crippen molar-refractivity contribution < 1.29 is 4.79 Å². The highest BCUT2D eigenvalue weighted by Crippen LogP contribution is 2.20. The van der Waals surface area contributed by atoms with Crippen molar-refractivity contribution in [3.63, 3.8) is 0 Å². The van der Waals surface area contributed by atoms with Crippen LogP contribution >= 0.6 is 11.3 Å². The number of thiazole rings is 1. The first kappa shape index (κ1) is 14.7. The fraction of sp³-hybridized carbons (Fsp3) is 0.312. The fourth-order valence-electron chi connectivity index (χ4n) is 2.44. The molecule has 0 bridgehead atoms. The van der Waals surface area contributed by atoms with E-state index in [0.717, 1.165) is 34.7 Å². The van der Waals surface area contributed by atoms with Gasteiger partial charge in [0.25, 0.3) is 0 Å². The highest BCUT2D eigenvalue weighted by molar-refractivity contribution is 7.09. The Hall–Kier alpha value is -2.21. The first-order chi connectivity index (χ1) is 10.7.